The Labute approximate surface area is 177 Å². The van der Waals surface area contributed by atoms with Crippen molar-refractivity contribution in [1.82, 2.24) is 29.2 Å². The van der Waals surface area contributed by atoms with Crippen molar-refractivity contribution in [2.45, 2.75) is 38.8 Å². The molecule has 8 heteroatoms. The van der Waals surface area contributed by atoms with Crippen LogP contribution in [0.5, 0.6) is 0 Å². The number of nitrogens with one attached hydrogen (secondary N) is 1. The van der Waals surface area contributed by atoms with Crippen molar-refractivity contribution in [3.05, 3.63) is 47.8 Å². The highest BCUT2D eigenvalue weighted by Gasteiger charge is 2.21. The van der Waals surface area contributed by atoms with Gasteiger partial charge in [-0.25, -0.2) is 9.97 Å². The van der Waals surface area contributed by atoms with E-state index in [0.717, 1.165) is 55.3 Å². The molecule has 1 aliphatic rings. The number of pyridine rings is 1. The van der Waals surface area contributed by atoms with Gasteiger partial charge >= 0.3 is 0 Å². The maximum Gasteiger partial charge on any atom is 0.252 e. The van der Waals surface area contributed by atoms with Gasteiger partial charge in [0.05, 0.1) is 17.8 Å². The van der Waals surface area contributed by atoms with Crippen molar-refractivity contribution >= 4 is 17.4 Å². The van der Waals surface area contributed by atoms with Crippen LogP contribution in [0.15, 0.2) is 30.7 Å². The van der Waals surface area contributed by atoms with Gasteiger partial charge in [-0.15, -0.1) is 0 Å². The number of imidazole rings is 2. The molecule has 3 aromatic heterocycles. The molecule has 1 amide bonds. The molecule has 0 aliphatic carbocycles. The summed E-state index contributed by atoms with van der Waals surface area (Å²) < 4.78 is 4.05. The summed E-state index contributed by atoms with van der Waals surface area (Å²) in [7, 11) is 6.17. The van der Waals surface area contributed by atoms with Gasteiger partial charge in [-0.05, 0) is 51.5 Å². The molecular formula is C22H31N7O. The van der Waals surface area contributed by atoms with Crippen LogP contribution in [-0.4, -0.2) is 63.0 Å². The van der Waals surface area contributed by atoms with Crippen LogP contribution < -0.4 is 10.2 Å². The minimum Gasteiger partial charge on any atom is -0.352 e. The summed E-state index contributed by atoms with van der Waals surface area (Å²) in [5, 5.41) is 3.21. The van der Waals surface area contributed by atoms with Crippen molar-refractivity contribution in [2.24, 2.45) is 7.05 Å². The van der Waals surface area contributed by atoms with Crippen molar-refractivity contribution in [1.29, 1.82) is 0 Å². The van der Waals surface area contributed by atoms with Crippen LogP contribution in [0, 0.1) is 0 Å². The summed E-state index contributed by atoms with van der Waals surface area (Å²) in [4.78, 5) is 26.6. The maximum atomic E-state index is 12.9. The van der Waals surface area contributed by atoms with Gasteiger partial charge in [0.25, 0.3) is 5.91 Å². The van der Waals surface area contributed by atoms with Gasteiger partial charge in [0, 0.05) is 38.7 Å². The van der Waals surface area contributed by atoms with Crippen LogP contribution in [0.4, 0.5) is 5.82 Å². The van der Waals surface area contributed by atoms with E-state index in [0.29, 0.717) is 12.1 Å². The zero-order valence-corrected chi connectivity index (χ0v) is 18.3. The molecule has 0 aromatic carbocycles. The molecular weight excluding hydrogens is 378 g/mol. The van der Waals surface area contributed by atoms with E-state index in [2.05, 4.69) is 34.1 Å². The summed E-state index contributed by atoms with van der Waals surface area (Å²) in [6.07, 6.45) is 8.48. The van der Waals surface area contributed by atoms with Crippen molar-refractivity contribution in [2.75, 3.05) is 32.1 Å². The molecule has 1 aliphatic heterocycles. The summed E-state index contributed by atoms with van der Waals surface area (Å²) in [6.45, 7) is 4.81. The lowest BCUT2D eigenvalue weighted by atomic mass is 10.1. The molecule has 0 bridgehead atoms. The standard InChI is InChI=1S/C22H31N7O/c1-5-18-22(28(4)15-20-23-10-13-27(20)3)29-14-16(6-7-19(29)25-18)21(30)24-17-8-11-26(2)12-9-17/h6-7,10,13-14,17H,5,8-9,11-12,15H2,1-4H3,(H,24,30). The summed E-state index contributed by atoms with van der Waals surface area (Å²) >= 11 is 0. The number of carbonyl (C=O) groups is 1. The normalized spacial score (nSPS) is 15.6. The number of aromatic nitrogens is 4. The zero-order chi connectivity index (χ0) is 21.3. The number of amides is 1. The van der Waals surface area contributed by atoms with Crippen LogP contribution in [0.25, 0.3) is 5.65 Å². The number of hydrogen-bond donors (Lipinski definition) is 1. The van der Waals surface area contributed by atoms with Crippen LogP contribution in [-0.2, 0) is 20.0 Å². The van der Waals surface area contributed by atoms with E-state index >= 15 is 0 Å². The number of rotatable bonds is 6. The topological polar surface area (TPSA) is 70.7 Å². The number of hydrogen-bond acceptors (Lipinski definition) is 5. The third-order valence-electron chi connectivity index (χ3n) is 5.97. The van der Waals surface area contributed by atoms with Gasteiger partial charge < -0.3 is 19.7 Å². The molecule has 0 radical (unpaired) electrons. The van der Waals surface area contributed by atoms with Gasteiger partial charge in [-0.3, -0.25) is 9.20 Å². The Kier molecular flexibility index (Phi) is 5.76. The van der Waals surface area contributed by atoms with Crippen LogP contribution >= 0.6 is 0 Å². The fraction of sp³-hybridized carbons (Fsp3) is 0.500. The Morgan fingerprint density at radius 1 is 1.27 bits per heavy atom. The van der Waals surface area contributed by atoms with Crippen LogP contribution in [0.1, 0.15) is 41.6 Å². The van der Waals surface area contributed by atoms with Gasteiger partial charge in [-0.1, -0.05) is 6.92 Å². The highest BCUT2D eigenvalue weighted by Crippen LogP contribution is 2.24. The number of carbonyl (C=O) groups excluding carboxylic acids is 1. The van der Waals surface area contributed by atoms with E-state index < -0.39 is 0 Å². The lowest BCUT2D eigenvalue weighted by Gasteiger charge is -2.29. The average molecular weight is 410 g/mol. The first kappa shape index (κ1) is 20.4. The smallest absolute Gasteiger partial charge is 0.252 e. The lowest BCUT2D eigenvalue weighted by molar-refractivity contribution is 0.0916. The largest absolute Gasteiger partial charge is 0.352 e. The van der Waals surface area contributed by atoms with Crippen molar-refractivity contribution in [3.8, 4) is 0 Å². The minimum atomic E-state index is -0.0177. The summed E-state index contributed by atoms with van der Waals surface area (Å²) in [6, 6.07) is 4.04. The van der Waals surface area contributed by atoms with Gasteiger partial charge in [-0.2, -0.15) is 0 Å². The number of anilines is 1. The fourth-order valence-corrected chi connectivity index (χ4v) is 4.11. The number of nitrogens with zero attached hydrogens (tertiary/aromatic N) is 6. The quantitative estimate of drug-likeness (QED) is 0.675. The number of likely N-dealkylation sites (tertiary alicyclic amines) is 1. The van der Waals surface area contributed by atoms with E-state index in [1.165, 1.54) is 0 Å². The highest BCUT2D eigenvalue weighted by molar-refractivity contribution is 5.94. The third-order valence-corrected chi connectivity index (χ3v) is 5.97. The third kappa shape index (κ3) is 4.05. The predicted molar refractivity (Wildman–Crippen MR) is 118 cm³/mol. The molecule has 0 spiro atoms. The number of aryl methyl sites for hydroxylation is 2. The molecule has 1 N–H and O–H groups in total. The Morgan fingerprint density at radius 3 is 2.70 bits per heavy atom. The Morgan fingerprint density at radius 2 is 2.03 bits per heavy atom. The SMILES string of the molecule is CCc1nc2ccc(C(=O)NC3CCN(C)CC3)cn2c1N(C)Cc1nccn1C. The molecule has 1 saturated heterocycles. The lowest BCUT2D eigenvalue weighted by Crippen LogP contribution is -2.43. The molecule has 160 valence electrons. The maximum absolute atomic E-state index is 12.9. The number of piperidine rings is 1. The highest BCUT2D eigenvalue weighted by atomic mass is 16.1. The first-order valence-electron chi connectivity index (χ1n) is 10.6. The van der Waals surface area contributed by atoms with Gasteiger partial charge in [0.15, 0.2) is 0 Å². The Balaban J connectivity index is 1.60. The van der Waals surface area contributed by atoms with E-state index in [-0.39, 0.29) is 11.9 Å². The van der Waals surface area contributed by atoms with E-state index in [1.54, 1.807) is 0 Å². The summed E-state index contributed by atoms with van der Waals surface area (Å²) in [5.41, 5.74) is 2.53. The fourth-order valence-electron chi connectivity index (χ4n) is 4.11. The first-order valence-corrected chi connectivity index (χ1v) is 10.6. The molecule has 0 atom stereocenters. The zero-order valence-electron chi connectivity index (χ0n) is 18.3. The molecule has 4 rings (SSSR count). The second-order valence-electron chi connectivity index (χ2n) is 8.24. The van der Waals surface area contributed by atoms with Crippen molar-refractivity contribution in [3.63, 3.8) is 0 Å². The molecule has 0 saturated carbocycles. The number of fused-ring (bicyclic) bond motifs is 1. The van der Waals surface area contributed by atoms with E-state index in [9.17, 15) is 4.79 Å². The van der Waals surface area contributed by atoms with Crippen LogP contribution in [0.2, 0.25) is 0 Å². The van der Waals surface area contributed by atoms with E-state index in [4.69, 9.17) is 4.98 Å². The Bertz CT molecular complexity index is 1030. The summed E-state index contributed by atoms with van der Waals surface area (Å²) in [5.74, 6) is 1.96. The molecule has 4 heterocycles. The second-order valence-corrected chi connectivity index (χ2v) is 8.24. The Hall–Kier alpha value is -2.87. The van der Waals surface area contributed by atoms with Gasteiger partial charge in [0.1, 0.15) is 17.3 Å². The molecule has 3 aromatic rings. The minimum absolute atomic E-state index is 0.0177. The molecule has 30 heavy (non-hydrogen) atoms. The second kappa shape index (κ2) is 8.47. The van der Waals surface area contributed by atoms with E-state index in [1.807, 2.05) is 53.8 Å². The molecule has 0 unspecified atom stereocenters. The average Bonchev–Trinajstić information content (AvgIpc) is 3.31. The van der Waals surface area contributed by atoms with Gasteiger partial charge in [0.2, 0.25) is 0 Å². The predicted octanol–water partition coefficient (Wildman–Crippen LogP) is 2.09. The monoisotopic (exact) mass is 409 g/mol. The molecule has 8 nitrogen and oxygen atoms in total. The van der Waals surface area contributed by atoms with Crippen molar-refractivity contribution < 1.29 is 4.79 Å². The first-order chi connectivity index (χ1) is 14.5. The molecule has 1 fully saturated rings. The van der Waals surface area contributed by atoms with Crippen LogP contribution in [0.3, 0.4) is 0 Å².